The number of aryl methyl sites for hydroxylation is 2. The third kappa shape index (κ3) is 2.90. The highest BCUT2D eigenvalue weighted by atomic mass is 16.5. The van der Waals surface area contributed by atoms with Gasteiger partial charge in [-0.15, -0.1) is 0 Å². The van der Waals surface area contributed by atoms with Gasteiger partial charge in [0.15, 0.2) is 0 Å². The van der Waals surface area contributed by atoms with Crippen LogP contribution >= 0.6 is 0 Å². The highest BCUT2D eigenvalue weighted by Gasteiger charge is 2.13. The molecule has 0 atom stereocenters. The van der Waals surface area contributed by atoms with Crippen LogP contribution in [0.25, 0.3) is 0 Å². The molecule has 19 heavy (non-hydrogen) atoms. The van der Waals surface area contributed by atoms with Gasteiger partial charge >= 0.3 is 5.97 Å². The molecule has 2 aromatic rings. The molecule has 0 fully saturated rings. The zero-order valence-corrected chi connectivity index (χ0v) is 11.1. The molecule has 0 aliphatic carbocycles. The van der Waals surface area contributed by atoms with Crippen molar-refractivity contribution in [1.29, 1.82) is 0 Å². The Morgan fingerprint density at radius 3 is 2.89 bits per heavy atom. The molecule has 0 saturated heterocycles. The molecule has 2 rings (SSSR count). The smallest absolute Gasteiger partial charge is 0.341 e. The summed E-state index contributed by atoms with van der Waals surface area (Å²) in [6, 6.07) is 3.32. The number of aromatic nitrogens is 2. The SMILES string of the molecule is COC(=O)c1cccnc1NCc1nc(C)c(C)o1. The summed E-state index contributed by atoms with van der Waals surface area (Å²) in [6.45, 7) is 4.09. The van der Waals surface area contributed by atoms with Crippen molar-refractivity contribution in [2.24, 2.45) is 0 Å². The number of rotatable bonds is 4. The van der Waals surface area contributed by atoms with Crippen molar-refractivity contribution in [2.75, 3.05) is 12.4 Å². The van der Waals surface area contributed by atoms with E-state index in [2.05, 4.69) is 15.3 Å². The van der Waals surface area contributed by atoms with Crippen molar-refractivity contribution in [1.82, 2.24) is 9.97 Å². The summed E-state index contributed by atoms with van der Waals surface area (Å²) in [5.74, 6) is 1.35. The molecule has 2 aromatic heterocycles. The number of ether oxygens (including phenoxy) is 1. The average Bonchev–Trinajstić information content (AvgIpc) is 2.75. The molecule has 0 aliphatic heterocycles. The lowest BCUT2D eigenvalue weighted by Gasteiger charge is -2.07. The van der Waals surface area contributed by atoms with E-state index in [0.717, 1.165) is 11.5 Å². The normalized spacial score (nSPS) is 10.3. The maximum atomic E-state index is 11.6. The number of hydrogen-bond donors (Lipinski definition) is 1. The Kier molecular flexibility index (Phi) is 3.79. The van der Waals surface area contributed by atoms with Gasteiger partial charge in [0, 0.05) is 6.20 Å². The minimum atomic E-state index is -0.435. The number of methoxy groups -OCH3 is 1. The minimum Gasteiger partial charge on any atom is -0.465 e. The van der Waals surface area contributed by atoms with Crippen molar-refractivity contribution < 1.29 is 13.9 Å². The molecule has 0 aromatic carbocycles. The van der Waals surface area contributed by atoms with Crippen molar-refractivity contribution >= 4 is 11.8 Å². The van der Waals surface area contributed by atoms with Gasteiger partial charge < -0.3 is 14.5 Å². The molecule has 1 N–H and O–H groups in total. The highest BCUT2D eigenvalue weighted by molar-refractivity contribution is 5.94. The summed E-state index contributed by atoms with van der Waals surface area (Å²) in [7, 11) is 1.33. The van der Waals surface area contributed by atoms with Crippen LogP contribution in [0.15, 0.2) is 22.7 Å². The Labute approximate surface area is 110 Å². The number of carbonyl (C=O) groups excluding carboxylic acids is 1. The lowest BCUT2D eigenvalue weighted by atomic mass is 10.2. The average molecular weight is 261 g/mol. The monoisotopic (exact) mass is 261 g/mol. The second-order valence-electron chi connectivity index (χ2n) is 3.99. The third-order valence-electron chi connectivity index (χ3n) is 2.69. The molecular formula is C13H15N3O3. The van der Waals surface area contributed by atoms with Crippen molar-refractivity contribution in [3.05, 3.63) is 41.2 Å². The number of pyridine rings is 1. The van der Waals surface area contributed by atoms with Crippen LogP contribution in [0.2, 0.25) is 0 Å². The predicted octanol–water partition coefficient (Wildman–Crippen LogP) is 2.09. The third-order valence-corrected chi connectivity index (χ3v) is 2.69. The predicted molar refractivity (Wildman–Crippen MR) is 68.9 cm³/mol. The zero-order valence-electron chi connectivity index (χ0n) is 11.1. The molecule has 0 amide bonds. The van der Waals surface area contributed by atoms with Crippen LogP contribution in [-0.2, 0) is 11.3 Å². The Morgan fingerprint density at radius 1 is 1.47 bits per heavy atom. The molecule has 100 valence electrons. The fourth-order valence-electron chi connectivity index (χ4n) is 1.59. The number of esters is 1. The summed E-state index contributed by atoms with van der Waals surface area (Å²) < 4.78 is 10.1. The van der Waals surface area contributed by atoms with E-state index in [-0.39, 0.29) is 0 Å². The molecule has 0 bridgehead atoms. The Morgan fingerprint density at radius 2 is 2.26 bits per heavy atom. The molecule has 6 nitrogen and oxygen atoms in total. The van der Waals surface area contributed by atoms with Gasteiger partial charge in [0.25, 0.3) is 0 Å². The van der Waals surface area contributed by atoms with Gasteiger partial charge in [0.1, 0.15) is 17.1 Å². The number of nitrogens with one attached hydrogen (secondary N) is 1. The largest absolute Gasteiger partial charge is 0.465 e. The molecule has 0 spiro atoms. The molecule has 0 unspecified atom stereocenters. The van der Waals surface area contributed by atoms with Crippen LogP contribution in [0.1, 0.15) is 27.7 Å². The van der Waals surface area contributed by atoms with Gasteiger partial charge in [-0.2, -0.15) is 0 Å². The van der Waals surface area contributed by atoms with Gasteiger partial charge in [-0.1, -0.05) is 0 Å². The van der Waals surface area contributed by atoms with E-state index >= 15 is 0 Å². The topological polar surface area (TPSA) is 77.2 Å². The first-order valence-corrected chi connectivity index (χ1v) is 5.82. The van der Waals surface area contributed by atoms with E-state index in [1.165, 1.54) is 7.11 Å². The van der Waals surface area contributed by atoms with Gasteiger partial charge in [-0.05, 0) is 26.0 Å². The number of oxazole rings is 1. The second-order valence-corrected chi connectivity index (χ2v) is 3.99. The van der Waals surface area contributed by atoms with Crippen LogP contribution in [0.5, 0.6) is 0 Å². The standard InChI is InChI=1S/C13H15N3O3/c1-8-9(2)19-11(16-8)7-15-12-10(13(17)18-3)5-4-6-14-12/h4-6H,7H2,1-3H3,(H,14,15). The quantitative estimate of drug-likeness (QED) is 0.849. The number of hydrogen-bond acceptors (Lipinski definition) is 6. The lowest BCUT2D eigenvalue weighted by molar-refractivity contribution is 0.0601. The fraction of sp³-hybridized carbons (Fsp3) is 0.308. The molecule has 0 aliphatic rings. The molecule has 6 heteroatoms. The lowest BCUT2D eigenvalue weighted by Crippen LogP contribution is -2.09. The van der Waals surface area contributed by atoms with Gasteiger partial charge in [0.05, 0.1) is 19.3 Å². The van der Waals surface area contributed by atoms with Crippen LogP contribution in [0.4, 0.5) is 5.82 Å². The van der Waals surface area contributed by atoms with Crippen molar-refractivity contribution in [3.8, 4) is 0 Å². The van der Waals surface area contributed by atoms with E-state index < -0.39 is 5.97 Å². The van der Waals surface area contributed by atoms with Gasteiger partial charge in [-0.3, -0.25) is 0 Å². The van der Waals surface area contributed by atoms with E-state index in [4.69, 9.17) is 9.15 Å². The maximum Gasteiger partial charge on any atom is 0.341 e. The van der Waals surface area contributed by atoms with Crippen LogP contribution < -0.4 is 5.32 Å². The first-order valence-electron chi connectivity index (χ1n) is 5.82. The summed E-state index contributed by atoms with van der Waals surface area (Å²) in [4.78, 5) is 19.9. The Bertz CT molecular complexity index is 573. The second kappa shape index (κ2) is 5.51. The first-order chi connectivity index (χ1) is 9.11. The van der Waals surface area contributed by atoms with Gasteiger partial charge in [-0.25, -0.2) is 14.8 Å². The van der Waals surface area contributed by atoms with Crippen LogP contribution in [-0.4, -0.2) is 23.0 Å². The molecule has 2 heterocycles. The molecule has 0 saturated carbocycles. The van der Waals surface area contributed by atoms with E-state index in [1.807, 2.05) is 13.8 Å². The number of nitrogens with zero attached hydrogens (tertiary/aromatic N) is 2. The Balaban J connectivity index is 2.13. The molecule has 0 radical (unpaired) electrons. The summed E-state index contributed by atoms with van der Waals surface area (Å²) in [6.07, 6.45) is 1.60. The summed E-state index contributed by atoms with van der Waals surface area (Å²) in [5, 5.41) is 3.02. The van der Waals surface area contributed by atoms with E-state index in [9.17, 15) is 4.79 Å². The fourth-order valence-corrected chi connectivity index (χ4v) is 1.59. The minimum absolute atomic E-state index is 0.357. The van der Waals surface area contributed by atoms with Gasteiger partial charge in [0.2, 0.25) is 5.89 Å². The summed E-state index contributed by atoms with van der Waals surface area (Å²) in [5.41, 5.74) is 1.23. The van der Waals surface area contributed by atoms with E-state index in [0.29, 0.717) is 23.8 Å². The highest BCUT2D eigenvalue weighted by Crippen LogP contribution is 2.15. The molecular weight excluding hydrogens is 246 g/mol. The van der Waals surface area contributed by atoms with Crippen molar-refractivity contribution in [2.45, 2.75) is 20.4 Å². The maximum absolute atomic E-state index is 11.6. The first kappa shape index (κ1) is 13.1. The summed E-state index contributed by atoms with van der Waals surface area (Å²) >= 11 is 0. The van der Waals surface area contributed by atoms with Crippen molar-refractivity contribution in [3.63, 3.8) is 0 Å². The number of carbonyl (C=O) groups is 1. The Hall–Kier alpha value is -2.37. The number of anilines is 1. The van der Waals surface area contributed by atoms with Crippen LogP contribution in [0.3, 0.4) is 0 Å². The zero-order chi connectivity index (χ0) is 13.8. The van der Waals surface area contributed by atoms with E-state index in [1.54, 1.807) is 18.3 Å². The van der Waals surface area contributed by atoms with Crippen LogP contribution in [0, 0.1) is 13.8 Å².